The minimum absolute atomic E-state index is 0.000377. The molecule has 1 aliphatic heterocycles. The maximum atomic E-state index is 11.4. The Hall–Kier alpha value is -0.680. The first kappa shape index (κ1) is 11.8. The van der Waals surface area contributed by atoms with Gasteiger partial charge < -0.3 is 9.47 Å². The van der Waals surface area contributed by atoms with E-state index in [1.165, 1.54) is 0 Å². The molecule has 0 saturated carbocycles. The Morgan fingerprint density at radius 3 is 3.06 bits per heavy atom. The van der Waals surface area contributed by atoms with Gasteiger partial charge in [-0.05, 0) is 24.5 Å². The maximum absolute atomic E-state index is 11.4. The van der Waals surface area contributed by atoms with Gasteiger partial charge in [-0.25, -0.2) is 0 Å². The van der Waals surface area contributed by atoms with Crippen molar-refractivity contribution in [3.8, 4) is 11.5 Å². The van der Waals surface area contributed by atoms with Gasteiger partial charge in [0.1, 0.15) is 6.61 Å². The lowest BCUT2D eigenvalue weighted by Gasteiger charge is -2.25. The molecule has 0 spiro atoms. The van der Waals surface area contributed by atoms with Crippen LogP contribution in [0.1, 0.15) is 0 Å². The summed E-state index contributed by atoms with van der Waals surface area (Å²) in [5.41, 5.74) is 0. The molecule has 0 saturated heterocycles. The average Bonchev–Trinajstić information content (AvgIpc) is 2.36. The van der Waals surface area contributed by atoms with Crippen molar-refractivity contribution in [2.45, 2.75) is 11.0 Å². The smallest absolute Gasteiger partial charge is 0.191 e. The van der Waals surface area contributed by atoms with Gasteiger partial charge in [-0.2, -0.15) is 0 Å². The zero-order valence-corrected chi connectivity index (χ0v) is 11.1. The van der Waals surface area contributed by atoms with Crippen LogP contribution in [0.4, 0.5) is 0 Å². The summed E-state index contributed by atoms with van der Waals surface area (Å²) >= 11 is 4.77. The van der Waals surface area contributed by atoms with Crippen molar-refractivity contribution in [1.29, 1.82) is 0 Å². The zero-order valence-electron chi connectivity index (χ0n) is 8.73. The predicted molar refractivity (Wildman–Crippen MR) is 66.9 cm³/mol. The molecule has 16 heavy (non-hydrogen) atoms. The number of carbonyl (C=O) groups is 1. The Kier molecular flexibility index (Phi) is 3.76. The topological polar surface area (TPSA) is 35.5 Å². The van der Waals surface area contributed by atoms with Crippen molar-refractivity contribution < 1.29 is 14.3 Å². The number of benzene rings is 1. The van der Waals surface area contributed by atoms with Gasteiger partial charge >= 0.3 is 0 Å². The van der Waals surface area contributed by atoms with E-state index in [1.54, 1.807) is 11.8 Å². The molecule has 2 rings (SSSR count). The molecule has 0 aromatic heterocycles. The van der Waals surface area contributed by atoms with Crippen molar-refractivity contribution in [1.82, 2.24) is 0 Å². The van der Waals surface area contributed by atoms with Gasteiger partial charge in [0, 0.05) is 4.90 Å². The highest BCUT2D eigenvalue weighted by Gasteiger charge is 2.26. The molecule has 3 nitrogen and oxygen atoms in total. The number of alkyl halides is 1. The van der Waals surface area contributed by atoms with Gasteiger partial charge in [-0.3, -0.25) is 4.79 Å². The van der Waals surface area contributed by atoms with Gasteiger partial charge in [-0.15, -0.1) is 11.8 Å². The first-order valence-corrected chi connectivity index (χ1v) is 7.15. The van der Waals surface area contributed by atoms with Crippen LogP contribution in [0.5, 0.6) is 11.5 Å². The Labute approximate surface area is 107 Å². The van der Waals surface area contributed by atoms with Crippen LogP contribution in [0.15, 0.2) is 23.1 Å². The molecule has 1 unspecified atom stereocenters. The third kappa shape index (κ3) is 2.35. The Balaban J connectivity index is 2.18. The van der Waals surface area contributed by atoms with Gasteiger partial charge in [0.25, 0.3) is 0 Å². The third-order valence-electron chi connectivity index (χ3n) is 2.30. The molecule has 0 bridgehead atoms. The molecule has 0 radical (unpaired) electrons. The second-order valence-corrected chi connectivity index (χ2v) is 4.77. The standard InChI is InChI=1S/C11H11BrO3S/c1-16-7-2-3-9-10(4-7)14-6-11(15-9)8(13)5-12/h2-4,11H,5-6H2,1H3. The monoisotopic (exact) mass is 302 g/mol. The molecule has 1 atom stereocenters. The van der Waals surface area contributed by atoms with E-state index in [1.807, 2.05) is 24.5 Å². The van der Waals surface area contributed by atoms with Crippen LogP contribution >= 0.6 is 27.7 Å². The van der Waals surface area contributed by atoms with Gasteiger partial charge in [0.2, 0.25) is 0 Å². The summed E-state index contributed by atoms with van der Waals surface area (Å²) in [4.78, 5) is 12.6. The highest BCUT2D eigenvalue weighted by Crippen LogP contribution is 2.35. The van der Waals surface area contributed by atoms with E-state index in [2.05, 4.69) is 15.9 Å². The maximum Gasteiger partial charge on any atom is 0.191 e. The molecule has 86 valence electrons. The van der Waals surface area contributed by atoms with Crippen LogP contribution < -0.4 is 9.47 Å². The fraction of sp³-hybridized carbons (Fsp3) is 0.364. The van der Waals surface area contributed by atoms with Crippen LogP contribution in [0.3, 0.4) is 0 Å². The van der Waals surface area contributed by atoms with Crippen LogP contribution in [0.2, 0.25) is 0 Å². The summed E-state index contributed by atoms with van der Waals surface area (Å²) in [5.74, 6) is 1.36. The Morgan fingerprint density at radius 1 is 1.56 bits per heavy atom. The summed E-state index contributed by atoms with van der Waals surface area (Å²) in [6.45, 7) is 0.287. The number of hydrogen-bond acceptors (Lipinski definition) is 4. The Morgan fingerprint density at radius 2 is 2.38 bits per heavy atom. The molecule has 1 heterocycles. The van der Waals surface area contributed by atoms with Crippen molar-refractivity contribution in [2.75, 3.05) is 18.2 Å². The van der Waals surface area contributed by atoms with Crippen LogP contribution in [-0.4, -0.2) is 30.1 Å². The fourth-order valence-electron chi connectivity index (χ4n) is 1.42. The van der Waals surface area contributed by atoms with Crippen molar-refractivity contribution >= 4 is 33.5 Å². The summed E-state index contributed by atoms with van der Waals surface area (Å²) in [7, 11) is 0. The second-order valence-electron chi connectivity index (χ2n) is 3.33. The molecular formula is C11H11BrO3S. The second kappa shape index (κ2) is 5.10. The number of ether oxygens (including phenoxy) is 2. The third-order valence-corrected chi connectivity index (χ3v) is 3.58. The quantitative estimate of drug-likeness (QED) is 0.635. The van der Waals surface area contributed by atoms with Gasteiger partial charge in [0.15, 0.2) is 23.4 Å². The number of thioether (sulfide) groups is 1. The lowest BCUT2D eigenvalue weighted by molar-refractivity contribution is -0.125. The van der Waals surface area contributed by atoms with E-state index in [0.717, 1.165) is 4.90 Å². The Bertz CT molecular complexity index is 408. The average molecular weight is 303 g/mol. The number of rotatable bonds is 3. The van der Waals surface area contributed by atoms with E-state index < -0.39 is 6.10 Å². The summed E-state index contributed by atoms with van der Waals surface area (Å²) in [6, 6.07) is 5.72. The summed E-state index contributed by atoms with van der Waals surface area (Å²) < 4.78 is 11.1. The minimum Gasteiger partial charge on any atom is -0.485 e. The number of carbonyl (C=O) groups excluding carboxylic acids is 1. The fourth-order valence-corrected chi connectivity index (χ4v) is 2.21. The largest absolute Gasteiger partial charge is 0.485 e. The zero-order chi connectivity index (χ0) is 11.5. The van der Waals surface area contributed by atoms with E-state index in [-0.39, 0.29) is 12.4 Å². The van der Waals surface area contributed by atoms with E-state index in [9.17, 15) is 4.79 Å². The first-order valence-electron chi connectivity index (χ1n) is 4.80. The lowest BCUT2D eigenvalue weighted by atomic mass is 10.2. The molecule has 5 heteroatoms. The molecule has 0 N–H and O–H groups in total. The van der Waals surface area contributed by atoms with Crippen LogP contribution in [-0.2, 0) is 4.79 Å². The summed E-state index contributed by atoms with van der Waals surface area (Å²) in [6.07, 6.45) is 1.51. The lowest BCUT2D eigenvalue weighted by Crippen LogP contribution is -2.37. The van der Waals surface area contributed by atoms with Gasteiger partial charge in [-0.1, -0.05) is 15.9 Å². The van der Waals surface area contributed by atoms with Crippen molar-refractivity contribution in [3.63, 3.8) is 0 Å². The SMILES string of the molecule is CSc1ccc2c(c1)OCC(C(=O)CBr)O2. The van der Waals surface area contributed by atoms with Crippen molar-refractivity contribution in [3.05, 3.63) is 18.2 Å². The van der Waals surface area contributed by atoms with Crippen LogP contribution in [0, 0.1) is 0 Å². The number of hydrogen-bond donors (Lipinski definition) is 0. The van der Waals surface area contributed by atoms with Crippen molar-refractivity contribution in [2.24, 2.45) is 0 Å². The number of ketones is 1. The molecular weight excluding hydrogens is 292 g/mol. The van der Waals surface area contributed by atoms with Gasteiger partial charge in [0.05, 0.1) is 5.33 Å². The number of fused-ring (bicyclic) bond motifs is 1. The predicted octanol–water partition coefficient (Wildman–Crippen LogP) is 2.51. The number of halogens is 1. The van der Waals surface area contributed by atoms with E-state index >= 15 is 0 Å². The minimum atomic E-state index is -0.494. The first-order chi connectivity index (χ1) is 7.74. The molecule has 1 aromatic rings. The molecule has 1 aliphatic rings. The van der Waals surface area contributed by atoms with E-state index in [0.29, 0.717) is 16.8 Å². The molecule has 0 amide bonds. The van der Waals surface area contributed by atoms with E-state index in [4.69, 9.17) is 9.47 Å². The molecule has 0 aliphatic carbocycles. The number of Topliss-reactive ketones (excluding diaryl/α,β-unsaturated/α-hetero) is 1. The molecule has 0 fully saturated rings. The highest BCUT2D eigenvalue weighted by molar-refractivity contribution is 9.09. The summed E-state index contributed by atoms with van der Waals surface area (Å²) in [5, 5.41) is 0.291. The van der Waals surface area contributed by atoms with Crippen LogP contribution in [0.25, 0.3) is 0 Å². The molecule has 1 aromatic carbocycles. The normalized spacial score (nSPS) is 18.2. The highest BCUT2D eigenvalue weighted by atomic mass is 79.9.